The largest absolute Gasteiger partial charge is 0.305 e. The normalized spacial score (nSPS) is 17.9. The van der Waals surface area contributed by atoms with E-state index in [2.05, 4.69) is 0 Å². The summed E-state index contributed by atoms with van der Waals surface area (Å²) in [4.78, 5) is 0. The SMILES string of the molecule is N=C1CC=CC=C1CCl. The molecule has 1 nitrogen and oxygen atoms in total. The topological polar surface area (TPSA) is 23.9 Å². The van der Waals surface area contributed by atoms with Crippen molar-refractivity contribution in [3.05, 3.63) is 23.8 Å². The van der Waals surface area contributed by atoms with Crippen LogP contribution in [-0.4, -0.2) is 11.6 Å². The van der Waals surface area contributed by atoms with E-state index in [4.69, 9.17) is 17.0 Å². The summed E-state index contributed by atoms with van der Waals surface area (Å²) in [6, 6.07) is 0. The fraction of sp³-hybridized carbons (Fsp3) is 0.286. The van der Waals surface area contributed by atoms with E-state index in [0.29, 0.717) is 11.6 Å². The molecular formula is C7H8ClN. The number of halogens is 1. The van der Waals surface area contributed by atoms with Crippen molar-refractivity contribution in [1.82, 2.24) is 0 Å². The van der Waals surface area contributed by atoms with E-state index < -0.39 is 0 Å². The van der Waals surface area contributed by atoms with Crippen LogP contribution >= 0.6 is 11.6 Å². The van der Waals surface area contributed by atoms with Crippen LogP contribution in [0.15, 0.2) is 23.8 Å². The molecule has 0 fully saturated rings. The number of hydrogen-bond acceptors (Lipinski definition) is 1. The molecule has 0 spiro atoms. The van der Waals surface area contributed by atoms with Crippen molar-refractivity contribution in [2.75, 3.05) is 5.88 Å². The molecule has 1 N–H and O–H groups in total. The van der Waals surface area contributed by atoms with E-state index in [9.17, 15) is 0 Å². The Morgan fingerprint density at radius 1 is 1.67 bits per heavy atom. The van der Waals surface area contributed by atoms with Gasteiger partial charge in [0.2, 0.25) is 0 Å². The Bertz CT molecular complexity index is 179. The second kappa shape index (κ2) is 2.83. The molecule has 9 heavy (non-hydrogen) atoms. The maximum absolute atomic E-state index is 7.34. The average molecular weight is 142 g/mol. The third-order valence-electron chi connectivity index (χ3n) is 1.29. The molecule has 1 aliphatic rings. The number of allylic oxidation sites excluding steroid dienone is 4. The maximum atomic E-state index is 7.34. The summed E-state index contributed by atoms with van der Waals surface area (Å²) in [5.41, 5.74) is 1.59. The van der Waals surface area contributed by atoms with Gasteiger partial charge in [0, 0.05) is 18.0 Å². The van der Waals surface area contributed by atoms with Gasteiger partial charge in [0.1, 0.15) is 0 Å². The van der Waals surface area contributed by atoms with Gasteiger partial charge in [-0.3, -0.25) is 0 Å². The Morgan fingerprint density at radius 2 is 2.44 bits per heavy atom. The number of rotatable bonds is 1. The van der Waals surface area contributed by atoms with Crippen LogP contribution < -0.4 is 0 Å². The second-order valence-corrected chi connectivity index (χ2v) is 2.20. The lowest BCUT2D eigenvalue weighted by atomic mass is 10.1. The van der Waals surface area contributed by atoms with Crippen LogP contribution in [0.1, 0.15) is 6.42 Å². The van der Waals surface area contributed by atoms with Crippen LogP contribution in [0.4, 0.5) is 0 Å². The minimum absolute atomic E-state index is 0.461. The lowest BCUT2D eigenvalue weighted by Gasteiger charge is -2.05. The predicted molar refractivity (Wildman–Crippen MR) is 40.3 cm³/mol. The summed E-state index contributed by atoms with van der Waals surface area (Å²) >= 11 is 5.53. The highest BCUT2D eigenvalue weighted by molar-refractivity contribution is 6.23. The first kappa shape index (κ1) is 6.56. The number of nitrogens with one attached hydrogen (secondary N) is 1. The standard InChI is InChI=1S/C7H8ClN/c8-5-6-3-1-2-4-7(6)9/h1-3,9H,4-5H2. The summed E-state index contributed by atoms with van der Waals surface area (Å²) in [6.45, 7) is 0. The van der Waals surface area contributed by atoms with E-state index in [1.807, 2.05) is 18.2 Å². The molecule has 0 aromatic rings. The fourth-order valence-corrected chi connectivity index (χ4v) is 0.977. The van der Waals surface area contributed by atoms with Gasteiger partial charge in [-0.25, -0.2) is 0 Å². The van der Waals surface area contributed by atoms with Crippen LogP contribution in [0.5, 0.6) is 0 Å². The van der Waals surface area contributed by atoms with Crippen LogP contribution in [0, 0.1) is 5.41 Å². The van der Waals surface area contributed by atoms with Gasteiger partial charge >= 0.3 is 0 Å². The molecule has 0 amide bonds. The molecule has 2 heteroatoms. The van der Waals surface area contributed by atoms with Gasteiger partial charge in [0.05, 0.1) is 0 Å². The maximum Gasteiger partial charge on any atom is 0.0491 e. The number of alkyl halides is 1. The minimum Gasteiger partial charge on any atom is -0.305 e. The van der Waals surface area contributed by atoms with Gasteiger partial charge in [0.15, 0.2) is 0 Å². The fourth-order valence-electron chi connectivity index (χ4n) is 0.727. The Morgan fingerprint density at radius 3 is 2.89 bits per heavy atom. The summed E-state index contributed by atoms with van der Waals surface area (Å²) < 4.78 is 0. The summed E-state index contributed by atoms with van der Waals surface area (Å²) in [7, 11) is 0. The molecule has 48 valence electrons. The zero-order valence-corrected chi connectivity index (χ0v) is 5.78. The summed E-state index contributed by atoms with van der Waals surface area (Å²) in [5.74, 6) is 0.461. The third-order valence-corrected chi connectivity index (χ3v) is 1.57. The van der Waals surface area contributed by atoms with Gasteiger partial charge in [-0.1, -0.05) is 18.2 Å². The molecule has 1 rings (SSSR count). The van der Waals surface area contributed by atoms with Gasteiger partial charge in [-0.05, 0) is 5.57 Å². The van der Waals surface area contributed by atoms with Gasteiger partial charge in [-0.15, -0.1) is 11.6 Å². The molecule has 0 aliphatic heterocycles. The Hall–Kier alpha value is -0.560. The lowest BCUT2D eigenvalue weighted by Crippen LogP contribution is -2.03. The molecule has 0 aromatic heterocycles. The third kappa shape index (κ3) is 1.42. The molecular weight excluding hydrogens is 134 g/mol. The first-order valence-electron chi connectivity index (χ1n) is 2.84. The van der Waals surface area contributed by atoms with Crippen LogP contribution in [0.2, 0.25) is 0 Å². The van der Waals surface area contributed by atoms with Crippen molar-refractivity contribution in [1.29, 1.82) is 5.41 Å². The zero-order valence-electron chi connectivity index (χ0n) is 5.02. The van der Waals surface area contributed by atoms with Crippen molar-refractivity contribution in [2.24, 2.45) is 0 Å². The van der Waals surface area contributed by atoms with Crippen LogP contribution in [0.25, 0.3) is 0 Å². The summed E-state index contributed by atoms with van der Waals surface area (Å²) in [5, 5.41) is 7.34. The van der Waals surface area contributed by atoms with Crippen molar-refractivity contribution >= 4 is 17.3 Å². The quantitative estimate of drug-likeness (QED) is 0.541. The Labute approximate surface area is 59.5 Å². The monoisotopic (exact) mass is 141 g/mol. The van der Waals surface area contributed by atoms with E-state index in [-0.39, 0.29) is 0 Å². The van der Waals surface area contributed by atoms with Crippen molar-refractivity contribution < 1.29 is 0 Å². The van der Waals surface area contributed by atoms with Crippen molar-refractivity contribution in [3.8, 4) is 0 Å². The predicted octanol–water partition coefficient (Wildman–Crippen LogP) is 2.13. The van der Waals surface area contributed by atoms with Gasteiger partial charge in [-0.2, -0.15) is 0 Å². The molecule has 0 saturated carbocycles. The van der Waals surface area contributed by atoms with E-state index in [0.717, 1.165) is 12.0 Å². The number of hydrogen-bond donors (Lipinski definition) is 1. The van der Waals surface area contributed by atoms with E-state index in [1.54, 1.807) is 0 Å². The van der Waals surface area contributed by atoms with Gasteiger partial charge < -0.3 is 5.41 Å². The molecule has 0 unspecified atom stereocenters. The van der Waals surface area contributed by atoms with Crippen LogP contribution in [-0.2, 0) is 0 Å². The Kier molecular flexibility index (Phi) is 2.06. The second-order valence-electron chi connectivity index (χ2n) is 1.94. The zero-order chi connectivity index (χ0) is 6.69. The van der Waals surface area contributed by atoms with Crippen molar-refractivity contribution in [2.45, 2.75) is 6.42 Å². The van der Waals surface area contributed by atoms with E-state index >= 15 is 0 Å². The highest BCUT2D eigenvalue weighted by Crippen LogP contribution is 2.08. The highest BCUT2D eigenvalue weighted by Gasteiger charge is 2.03. The molecule has 0 saturated heterocycles. The minimum atomic E-state index is 0.461. The lowest BCUT2D eigenvalue weighted by molar-refractivity contribution is 1.31. The first-order chi connectivity index (χ1) is 4.34. The smallest absolute Gasteiger partial charge is 0.0491 e. The molecule has 0 atom stereocenters. The van der Waals surface area contributed by atoms with Crippen molar-refractivity contribution in [3.63, 3.8) is 0 Å². The van der Waals surface area contributed by atoms with Crippen LogP contribution in [0.3, 0.4) is 0 Å². The summed E-state index contributed by atoms with van der Waals surface area (Å²) in [6.07, 6.45) is 6.52. The van der Waals surface area contributed by atoms with Gasteiger partial charge in [0.25, 0.3) is 0 Å². The molecule has 1 aliphatic carbocycles. The highest BCUT2D eigenvalue weighted by atomic mass is 35.5. The van der Waals surface area contributed by atoms with E-state index in [1.165, 1.54) is 0 Å². The molecule has 0 heterocycles. The first-order valence-corrected chi connectivity index (χ1v) is 3.37. The Balaban J connectivity index is 2.74. The average Bonchev–Trinajstić information content (AvgIpc) is 1.89. The molecule has 0 bridgehead atoms. The molecule has 0 aromatic carbocycles. The molecule has 0 radical (unpaired) electrons.